The summed E-state index contributed by atoms with van der Waals surface area (Å²) in [5.74, 6) is -0.489. The van der Waals surface area contributed by atoms with Crippen molar-refractivity contribution < 1.29 is 47.9 Å². The second-order valence-corrected chi connectivity index (χ2v) is 7.41. The van der Waals surface area contributed by atoms with Gasteiger partial charge in [0.05, 0.1) is 0 Å². The molecule has 31 heavy (non-hydrogen) atoms. The molecular weight excluding hydrogens is 394 g/mol. The van der Waals surface area contributed by atoms with Gasteiger partial charge in [-0.2, -0.15) is 0 Å². The number of fused-ring (bicyclic) bond motifs is 2. The molecule has 2 nitrogen and oxygen atoms in total. The maximum Gasteiger partial charge on any atom is 1.00 e. The molecule has 0 radical (unpaired) electrons. The fourth-order valence-electron chi connectivity index (χ4n) is 3.95. The summed E-state index contributed by atoms with van der Waals surface area (Å²) < 4.78 is 0. The van der Waals surface area contributed by atoms with E-state index in [9.17, 15) is 10.2 Å². The van der Waals surface area contributed by atoms with E-state index in [4.69, 9.17) is 11.6 Å². The zero-order chi connectivity index (χ0) is 20.0. The average molecular weight is 409 g/mol. The second kappa shape index (κ2) is 9.46. The molecule has 140 valence electrons. The van der Waals surface area contributed by atoms with Crippen LogP contribution in [0.25, 0.3) is 43.8 Å². The first-order valence-electron chi connectivity index (χ1n) is 9.32. The summed E-state index contributed by atoms with van der Waals surface area (Å²) in [4.78, 5) is 0. The Hall–Kier alpha value is -2.30. The van der Waals surface area contributed by atoms with Gasteiger partial charge in [0, 0.05) is 5.02 Å². The SMILES string of the molecule is [Li+].[Li+].[O-]c1c(Cl)cc2ccccc2c1-c1c([O-])c(-c2ccccc2)cc2ccccc12. The van der Waals surface area contributed by atoms with E-state index in [-0.39, 0.29) is 54.2 Å². The van der Waals surface area contributed by atoms with E-state index in [1.165, 1.54) is 0 Å². The normalized spacial score (nSPS) is 10.5. The zero-order valence-electron chi connectivity index (χ0n) is 17.4. The van der Waals surface area contributed by atoms with E-state index < -0.39 is 0 Å². The monoisotopic (exact) mass is 408 g/mol. The van der Waals surface area contributed by atoms with Gasteiger partial charge in [0.15, 0.2) is 0 Å². The molecule has 5 heteroatoms. The van der Waals surface area contributed by atoms with Crippen molar-refractivity contribution in [2.45, 2.75) is 0 Å². The van der Waals surface area contributed by atoms with Crippen molar-refractivity contribution in [3.05, 3.63) is 96.0 Å². The topological polar surface area (TPSA) is 46.1 Å². The first-order valence-corrected chi connectivity index (χ1v) is 9.70. The van der Waals surface area contributed by atoms with Crippen LogP contribution in [0.3, 0.4) is 0 Å². The van der Waals surface area contributed by atoms with E-state index in [1.54, 1.807) is 6.07 Å². The minimum absolute atomic E-state index is 0. The summed E-state index contributed by atoms with van der Waals surface area (Å²) in [5.41, 5.74) is 2.17. The first-order chi connectivity index (χ1) is 14.1. The molecule has 0 N–H and O–H groups in total. The van der Waals surface area contributed by atoms with E-state index in [0.717, 1.165) is 27.1 Å². The van der Waals surface area contributed by atoms with Crippen molar-refractivity contribution >= 4 is 33.1 Å². The van der Waals surface area contributed by atoms with Gasteiger partial charge in [0.25, 0.3) is 0 Å². The fourth-order valence-corrected chi connectivity index (χ4v) is 4.16. The van der Waals surface area contributed by atoms with Crippen LogP contribution in [0.1, 0.15) is 0 Å². The van der Waals surface area contributed by atoms with Gasteiger partial charge in [-0.05, 0) is 55.9 Å². The largest absolute Gasteiger partial charge is 1.00 e. The van der Waals surface area contributed by atoms with Gasteiger partial charge < -0.3 is 10.2 Å². The number of rotatable bonds is 2. The van der Waals surface area contributed by atoms with Crippen LogP contribution in [0, 0.1) is 0 Å². The molecule has 0 unspecified atom stereocenters. The summed E-state index contributed by atoms with van der Waals surface area (Å²) in [6, 6.07) is 28.3. The van der Waals surface area contributed by atoms with Crippen LogP contribution < -0.4 is 47.9 Å². The maximum absolute atomic E-state index is 13.7. The molecule has 0 fully saturated rings. The summed E-state index contributed by atoms with van der Waals surface area (Å²) in [6.45, 7) is 0. The Kier molecular flexibility index (Phi) is 7.13. The molecule has 0 atom stereocenters. The fraction of sp³-hybridized carbons (Fsp3) is 0. The molecule has 0 heterocycles. The Morgan fingerprint density at radius 2 is 1.03 bits per heavy atom. The van der Waals surface area contributed by atoms with Gasteiger partial charge in [-0.1, -0.05) is 102 Å². The van der Waals surface area contributed by atoms with E-state index >= 15 is 0 Å². The minimum atomic E-state index is -0.321. The van der Waals surface area contributed by atoms with Gasteiger partial charge in [-0.15, -0.1) is 0 Å². The van der Waals surface area contributed by atoms with Crippen LogP contribution in [0.4, 0.5) is 0 Å². The number of hydrogen-bond donors (Lipinski definition) is 0. The molecule has 5 aromatic rings. The van der Waals surface area contributed by atoms with E-state index in [2.05, 4.69) is 0 Å². The zero-order valence-corrected chi connectivity index (χ0v) is 18.1. The van der Waals surface area contributed by atoms with Crippen molar-refractivity contribution in [3.8, 4) is 33.8 Å². The Bertz CT molecular complexity index is 1390. The molecule has 5 rings (SSSR count). The second-order valence-electron chi connectivity index (χ2n) is 7.00. The van der Waals surface area contributed by atoms with Crippen LogP contribution in [-0.2, 0) is 0 Å². The standard InChI is InChI=1S/C26H17ClO2.2Li/c27-22-15-18-11-5-7-13-20(18)24(26(22)29)23-19-12-6-4-10-17(19)14-21(25(23)28)16-8-2-1-3-9-16;;/h1-15,28-29H;;/q;2*+1/p-2. The van der Waals surface area contributed by atoms with E-state index in [0.29, 0.717) is 16.7 Å². The van der Waals surface area contributed by atoms with Crippen molar-refractivity contribution in [1.82, 2.24) is 0 Å². The van der Waals surface area contributed by atoms with Crippen LogP contribution in [0.2, 0.25) is 5.02 Å². The van der Waals surface area contributed by atoms with Crippen LogP contribution in [0.15, 0.2) is 91.0 Å². The number of halogens is 1. The average Bonchev–Trinajstić information content (AvgIpc) is 2.76. The van der Waals surface area contributed by atoms with Crippen LogP contribution in [-0.4, -0.2) is 0 Å². The molecule has 0 bridgehead atoms. The molecule has 0 amide bonds. The van der Waals surface area contributed by atoms with Crippen molar-refractivity contribution in [1.29, 1.82) is 0 Å². The Labute approximate surface area is 209 Å². The summed E-state index contributed by atoms with van der Waals surface area (Å²) in [5, 5.41) is 30.2. The molecule has 0 aliphatic heterocycles. The molecule has 0 spiro atoms. The minimum Gasteiger partial charge on any atom is -0.872 e. The van der Waals surface area contributed by atoms with Crippen molar-refractivity contribution in [2.24, 2.45) is 0 Å². The van der Waals surface area contributed by atoms with Gasteiger partial charge >= 0.3 is 37.7 Å². The number of hydrogen-bond acceptors (Lipinski definition) is 2. The summed E-state index contributed by atoms with van der Waals surface area (Å²) in [6.07, 6.45) is 0. The molecule has 5 aromatic carbocycles. The smallest absolute Gasteiger partial charge is 0.872 e. The van der Waals surface area contributed by atoms with Crippen molar-refractivity contribution in [2.75, 3.05) is 0 Å². The third-order valence-electron chi connectivity index (χ3n) is 5.29. The molecule has 0 aromatic heterocycles. The Morgan fingerprint density at radius 3 is 1.65 bits per heavy atom. The summed E-state index contributed by atoms with van der Waals surface area (Å²) >= 11 is 6.29. The van der Waals surface area contributed by atoms with Crippen molar-refractivity contribution in [3.63, 3.8) is 0 Å². The Morgan fingerprint density at radius 1 is 0.548 bits per heavy atom. The third kappa shape index (κ3) is 3.99. The van der Waals surface area contributed by atoms with Crippen LogP contribution >= 0.6 is 11.6 Å². The summed E-state index contributed by atoms with van der Waals surface area (Å²) in [7, 11) is 0. The molecule has 0 saturated heterocycles. The predicted octanol–water partition coefficient (Wildman–Crippen LogP) is 0.136. The quantitative estimate of drug-likeness (QED) is 0.390. The third-order valence-corrected chi connectivity index (χ3v) is 5.57. The Balaban J connectivity index is 0.00000136. The van der Waals surface area contributed by atoms with E-state index in [1.807, 2.05) is 84.9 Å². The van der Waals surface area contributed by atoms with Gasteiger partial charge in [-0.25, -0.2) is 0 Å². The number of benzene rings is 5. The van der Waals surface area contributed by atoms with Gasteiger partial charge in [-0.3, -0.25) is 0 Å². The molecule has 0 aliphatic carbocycles. The molecule has 0 aliphatic rings. The maximum atomic E-state index is 13.7. The van der Waals surface area contributed by atoms with Crippen LogP contribution in [0.5, 0.6) is 11.5 Å². The molecule has 0 saturated carbocycles. The molecular formula is C26H15ClLi2O2. The predicted molar refractivity (Wildman–Crippen MR) is 116 cm³/mol. The van der Waals surface area contributed by atoms with Gasteiger partial charge in [0.2, 0.25) is 0 Å². The van der Waals surface area contributed by atoms with Gasteiger partial charge in [0.1, 0.15) is 0 Å². The first kappa shape index (κ1) is 23.4.